The molecule has 2 N–H and O–H groups in total. The Kier molecular flexibility index (Phi) is 3.80. The van der Waals surface area contributed by atoms with Gasteiger partial charge in [-0.05, 0) is 41.6 Å². The summed E-state index contributed by atoms with van der Waals surface area (Å²) in [6, 6.07) is 4.97. The molecule has 0 aliphatic carbocycles. The molecule has 0 bridgehead atoms. The third-order valence-corrected chi connectivity index (χ3v) is 3.43. The van der Waals surface area contributed by atoms with Gasteiger partial charge in [-0.1, -0.05) is 0 Å². The average Bonchev–Trinajstić information content (AvgIpc) is 2.72. The van der Waals surface area contributed by atoms with E-state index in [2.05, 4.69) is 15.5 Å². The van der Waals surface area contributed by atoms with E-state index in [9.17, 15) is 10.1 Å². The van der Waals surface area contributed by atoms with Gasteiger partial charge in [0.1, 0.15) is 0 Å². The van der Waals surface area contributed by atoms with Gasteiger partial charge in [0.15, 0.2) is 0 Å². The maximum atomic E-state index is 10.7. The zero-order chi connectivity index (χ0) is 13.1. The average molecular weight is 358 g/mol. The molecule has 1 aromatic heterocycles. The van der Waals surface area contributed by atoms with Gasteiger partial charge in [0.2, 0.25) is 0 Å². The first-order chi connectivity index (χ1) is 8.58. The Bertz CT molecular complexity index is 582. The molecule has 0 atom stereocenters. The summed E-state index contributed by atoms with van der Waals surface area (Å²) in [5, 5.41) is 20.7. The number of rotatable bonds is 4. The third kappa shape index (κ3) is 2.78. The van der Waals surface area contributed by atoms with Crippen LogP contribution in [0.25, 0.3) is 0 Å². The highest BCUT2D eigenvalue weighted by atomic mass is 127. The largest absolute Gasteiger partial charge is 0.381 e. The van der Waals surface area contributed by atoms with E-state index >= 15 is 0 Å². The fourth-order valence-corrected chi connectivity index (χ4v) is 2.23. The van der Waals surface area contributed by atoms with E-state index in [0.717, 1.165) is 16.9 Å². The predicted molar refractivity (Wildman–Crippen MR) is 76.5 cm³/mol. The molecule has 94 valence electrons. The summed E-state index contributed by atoms with van der Waals surface area (Å²) >= 11 is 1.96. The summed E-state index contributed by atoms with van der Waals surface area (Å²) < 4.78 is 0.617. The number of halogens is 1. The highest BCUT2D eigenvalue weighted by molar-refractivity contribution is 14.1. The Morgan fingerprint density at radius 3 is 2.89 bits per heavy atom. The fourth-order valence-electron chi connectivity index (χ4n) is 1.52. The number of nitrogens with zero attached hydrogens (tertiary/aromatic N) is 2. The lowest BCUT2D eigenvalue weighted by Gasteiger charge is -2.06. The summed E-state index contributed by atoms with van der Waals surface area (Å²) in [6.45, 7) is 2.58. The van der Waals surface area contributed by atoms with Gasteiger partial charge < -0.3 is 5.32 Å². The summed E-state index contributed by atoms with van der Waals surface area (Å²) in [6.07, 6.45) is 1.76. The zero-order valence-electron chi connectivity index (χ0n) is 9.61. The molecule has 0 fully saturated rings. The van der Waals surface area contributed by atoms with Crippen LogP contribution in [0, 0.1) is 20.6 Å². The number of nitrogens with one attached hydrogen (secondary N) is 2. The molecular formula is C11H11IN4O2. The van der Waals surface area contributed by atoms with Gasteiger partial charge in [-0.15, -0.1) is 0 Å². The van der Waals surface area contributed by atoms with Crippen molar-refractivity contribution in [1.82, 2.24) is 10.2 Å². The van der Waals surface area contributed by atoms with Crippen molar-refractivity contribution in [2.75, 3.05) is 5.32 Å². The maximum absolute atomic E-state index is 10.7. The van der Waals surface area contributed by atoms with Crippen molar-refractivity contribution in [3.05, 3.63) is 49.3 Å². The summed E-state index contributed by atoms with van der Waals surface area (Å²) in [5.41, 5.74) is 3.06. The smallest absolute Gasteiger partial charge is 0.282 e. The first kappa shape index (κ1) is 12.8. The predicted octanol–water partition coefficient (Wildman–Crippen LogP) is 2.84. The number of nitro groups is 1. The van der Waals surface area contributed by atoms with Crippen LogP contribution in [0.5, 0.6) is 0 Å². The van der Waals surface area contributed by atoms with Gasteiger partial charge in [0, 0.05) is 29.6 Å². The van der Waals surface area contributed by atoms with E-state index in [1.165, 1.54) is 6.07 Å². The Hall–Kier alpha value is -1.64. The second-order valence-electron chi connectivity index (χ2n) is 3.80. The number of H-pyrrole nitrogens is 1. The minimum Gasteiger partial charge on any atom is -0.381 e. The van der Waals surface area contributed by atoms with Crippen LogP contribution in [0.1, 0.15) is 11.3 Å². The highest BCUT2D eigenvalue weighted by Crippen LogP contribution is 2.24. The molecule has 18 heavy (non-hydrogen) atoms. The lowest BCUT2D eigenvalue weighted by Crippen LogP contribution is -2.01. The zero-order valence-corrected chi connectivity index (χ0v) is 11.8. The molecule has 0 aliphatic rings. The standard InChI is InChI=1S/C11H11IN4O2/c1-7-8(6-14-15-7)5-13-9-2-3-11(16(17)18)10(12)4-9/h2-4,6,13H,5H2,1H3,(H,14,15). The minimum atomic E-state index is -0.383. The molecule has 2 rings (SSSR count). The van der Waals surface area contributed by atoms with E-state index in [4.69, 9.17) is 0 Å². The Labute approximate surface area is 117 Å². The van der Waals surface area contributed by atoms with Crippen LogP contribution in [0.15, 0.2) is 24.4 Å². The number of hydrogen-bond donors (Lipinski definition) is 2. The molecule has 1 aromatic carbocycles. The number of nitro benzene ring substituents is 1. The normalized spacial score (nSPS) is 10.3. The van der Waals surface area contributed by atoms with Gasteiger partial charge in [-0.3, -0.25) is 15.2 Å². The number of anilines is 1. The number of hydrogen-bond acceptors (Lipinski definition) is 4. The van der Waals surface area contributed by atoms with Crippen molar-refractivity contribution in [2.45, 2.75) is 13.5 Å². The third-order valence-electron chi connectivity index (χ3n) is 2.56. The quantitative estimate of drug-likeness (QED) is 0.500. The Morgan fingerprint density at radius 1 is 1.56 bits per heavy atom. The molecule has 7 heteroatoms. The molecule has 6 nitrogen and oxygen atoms in total. The van der Waals surface area contributed by atoms with Crippen molar-refractivity contribution in [3.8, 4) is 0 Å². The van der Waals surface area contributed by atoms with Crippen molar-refractivity contribution in [1.29, 1.82) is 0 Å². The molecule has 0 spiro atoms. The molecular weight excluding hydrogens is 347 g/mol. The van der Waals surface area contributed by atoms with E-state index in [1.54, 1.807) is 18.3 Å². The number of aryl methyl sites for hydroxylation is 1. The maximum Gasteiger partial charge on any atom is 0.282 e. The van der Waals surface area contributed by atoms with Crippen molar-refractivity contribution in [3.63, 3.8) is 0 Å². The van der Waals surface area contributed by atoms with Crippen LogP contribution in [0.3, 0.4) is 0 Å². The van der Waals surface area contributed by atoms with Gasteiger partial charge in [-0.2, -0.15) is 5.10 Å². The molecule has 2 aromatic rings. The number of benzene rings is 1. The number of aromatic nitrogens is 2. The number of aromatic amines is 1. The molecule has 0 saturated heterocycles. The lowest BCUT2D eigenvalue weighted by atomic mass is 10.2. The summed E-state index contributed by atoms with van der Waals surface area (Å²) in [4.78, 5) is 10.3. The molecule has 0 radical (unpaired) electrons. The second kappa shape index (κ2) is 5.34. The molecule has 0 unspecified atom stereocenters. The van der Waals surface area contributed by atoms with Gasteiger partial charge in [-0.25, -0.2) is 0 Å². The van der Waals surface area contributed by atoms with Gasteiger partial charge in [0.25, 0.3) is 5.69 Å². The van der Waals surface area contributed by atoms with E-state index in [1.807, 2.05) is 29.5 Å². The van der Waals surface area contributed by atoms with Crippen molar-refractivity contribution < 1.29 is 4.92 Å². The van der Waals surface area contributed by atoms with Crippen LogP contribution < -0.4 is 5.32 Å². The molecule has 0 saturated carbocycles. The van der Waals surface area contributed by atoms with Crippen molar-refractivity contribution >= 4 is 34.0 Å². The van der Waals surface area contributed by atoms with Crippen LogP contribution >= 0.6 is 22.6 Å². The molecule has 0 aliphatic heterocycles. The van der Waals surface area contributed by atoms with E-state index in [0.29, 0.717) is 10.1 Å². The Balaban J connectivity index is 2.09. The first-order valence-corrected chi connectivity index (χ1v) is 6.32. The van der Waals surface area contributed by atoms with Crippen LogP contribution in [0.4, 0.5) is 11.4 Å². The first-order valence-electron chi connectivity index (χ1n) is 5.24. The SMILES string of the molecule is Cc1[nH]ncc1CNc1ccc([N+](=O)[O-])c(I)c1. The van der Waals surface area contributed by atoms with Crippen LogP contribution in [0.2, 0.25) is 0 Å². The second-order valence-corrected chi connectivity index (χ2v) is 4.96. The molecule has 0 amide bonds. The summed E-state index contributed by atoms with van der Waals surface area (Å²) in [5.74, 6) is 0. The van der Waals surface area contributed by atoms with Gasteiger partial charge >= 0.3 is 0 Å². The minimum absolute atomic E-state index is 0.126. The van der Waals surface area contributed by atoms with Gasteiger partial charge in [0.05, 0.1) is 14.7 Å². The highest BCUT2D eigenvalue weighted by Gasteiger charge is 2.11. The van der Waals surface area contributed by atoms with E-state index in [-0.39, 0.29) is 10.6 Å². The molecule has 1 heterocycles. The van der Waals surface area contributed by atoms with Crippen molar-refractivity contribution in [2.24, 2.45) is 0 Å². The van der Waals surface area contributed by atoms with Crippen LogP contribution in [-0.2, 0) is 6.54 Å². The fraction of sp³-hybridized carbons (Fsp3) is 0.182. The lowest BCUT2D eigenvalue weighted by molar-refractivity contribution is -0.385. The monoisotopic (exact) mass is 358 g/mol. The van der Waals surface area contributed by atoms with Crippen LogP contribution in [-0.4, -0.2) is 15.1 Å². The Morgan fingerprint density at radius 2 is 2.33 bits per heavy atom. The summed E-state index contributed by atoms with van der Waals surface area (Å²) in [7, 11) is 0. The van der Waals surface area contributed by atoms with E-state index < -0.39 is 0 Å². The topological polar surface area (TPSA) is 83.8 Å².